The molecule has 6 nitrogen and oxygen atoms in total. The summed E-state index contributed by atoms with van der Waals surface area (Å²) in [6.45, 7) is 6.00. The zero-order valence-electron chi connectivity index (χ0n) is 18.0. The molecule has 0 radical (unpaired) electrons. The first-order valence-corrected chi connectivity index (χ1v) is 10.4. The summed E-state index contributed by atoms with van der Waals surface area (Å²) in [6.07, 6.45) is 2.11. The monoisotopic (exact) mass is 409 g/mol. The maximum absolute atomic E-state index is 5.88. The number of hydrogen-bond acceptors (Lipinski definition) is 4. The summed E-state index contributed by atoms with van der Waals surface area (Å²) in [5.41, 5.74) is 4.70. The first-order valence-electron chi connectivity index (χ1n) is 10.4. The fourth-order valence-electron chi connectivity index (χ4n) is 4.10. The first-order chi connectivity index (χ1) is 14.7. The number of rotatable bonds is 7. The van der Waals surface area contributed by atoms with Gasteiger partial charge >= 0.3 is 0 Å². The van der Waals surface area contributed by atoms with Crippen LogP contribution in [0.5, 0.6) is 23.0 Å². The van der Waals surface area contributed by atoms with Gasteiger partial charge in [-0.25, -0.2) is 0 Å². The molecular formula is C24H29N2O4+. The van der Waals surface area contributed by atoms with Crippen LogP contribution >= 0.6 is 0 Å². The SMILES string of the molecule is CCOc1cc2c(cc1OCC)-n1cccc1[C@H](c1ccc(OC)c(OC)c1)[NH2+]C2. The number of quaternary nitrogens is 1. The maximum Gasteiger partial charge on any atom is 0.163 e. The molecule has 0 aliphatic carbocycles. The van der Waals surface area contributed by atoms with E-state index in [4.69, 9.17) is 18.9 Å². The average Bonchev–Trinajstić information content (AvgIpc) is 3.19. The molecule has 0 saturated heterocycles. The standard InChI is InChI=1S/C24H28N2O4/c1-5-29-22-13-17-15-25-24(16-9-10-20(27-3)21(12-16)28-4)18-8-7-11-26(18)19(17)14-23(22)30-6-2/h7-14,24-25H,5-6,15H2,1-4H3/p+1/t24-/m0/s1. The maximum atomic E-state index is 5.88. The van der Waals surface area contributed by atoms with Gasteiger partial charge in [-0.1, -0.05) is 0 Å². The minimum atomic E-state index is 0.123. The van der Waals surface area contributed by atoms with Crippen molar-refractivity contribution in [1.82, 2.24) is 4.57 Å². The Morgan fingerprint density at radius 3 is 2.33 bits per heavy atom. The Morgan fingerprint density at radius 1 is 0.900 bits per heavy atom. The number of hydrogen-bond donors (Lipinski definition) is 1. The Labute approximate surface area is 177 Å². The van der Waals surface area contributed by atoms with Gasteiger partial charge < -0.3 is 28.8 Å². The van der Waals surface area contributed by atoms with Crippen molar-refractivity contribution in [3.8, 4) is 28.7 Å². The van der Waals surface area contributed by atoms with Gasteiger partial charge in [-0.3, -0.25) is 0 Å². The highest BCUT2D eigenvalue weighted by Crippen LogP contribution is 2.37. The molecule has 0 bridgehead atoms. The highest BCUT2D eigenvalue weighted by molar-refractivity contribution is 5.56. The van der Waals surface area contributed by atoms with Crippen molar-refractivity contribution >= 4 is 0 Å². The summed E-state index contributed by atoms with van der Waals surface area (Å²) in [7, 11) is 3.32. The third kappa shape index (κ3) is 3.59. The second-order valence-electron chi connectivity index (χ2n) is 7.13. The van der Waals surface area contributed by atoms with E-state index in [1.165, 1.54) is 11.3 Å². The first kappa shape index (κ1) is 20.2. The quantitative estimate of drug-likeness (QED) is 0.649. The molecule has 2 aromatic carbocycles. The predicted molar refractivity (Wildman–Crippen MR) is 115 cm³/mol. The molecule has 0 saturated carbocycles. The Morgan fingerprint density at radius 2 is 1.63 bits per heavy atom. The second-order valence-corrected chi connectivity index (χ2v) is 7.13. The van der Waals surface area contributed by atoms with Crippen LogP contribution in [0.15, 0.2) is 48.7 Å². The van der Waals surface area contributed by atoms with E-state index in [0.29, 0.717) is 13.2 Å². The molecule has 0 unspecified atom stereocenters. The lowest BCUT2D eigenvalue weighted by molar-refractivity contribution is -0.702. The molecule has 3 aromatic rings. The van der Waals surface area contributed by atoms with E-state index < -0.39 is 0 Å². The Balaban J connectivity index is 1.79. The number of fused-ring (bicyclic) bond motifs is 3. The van der Waals surface area contributed by atoms with Crippen LogP contribution in [-0.4, -0.2) is 32.0 Å². The number of nitrogens with zero attached hydrogens (tertiary/aromatic N) is 1. The van der Waals surface area contributed by atoms with Gasteiger partial charge in [-0.05, 0) is 50.2 Å². The normalized spacial score (nSPS) is 15.0. The average molecular weight is 410 g/mol. The third-order valence-corrected chi connectivity index (χ3v) is 5.44. The van der Waals surface area contributed by atoms with E-state index in [2.05, 4.69) is 52.5 Å². The summed E-state index contributed by atoms with van der Waals surface area (Å²) in [6, 6.07) is 14.7. The van der Waals surface area contributed by atoms with Gasteiger partial charge in [0.05, 0.1) is 38.8 Å². The molecule has 6 heteroatoms. The summed E-state index contributed by atoms with van der Waals surface area (Å²) >= 11 is 0. The van der Waals surface area contributed by atoms with E-state index in [0.717, 1.165) is 40.8 Å². The van der Waals surface area contributed by atoms with Crippen LogP contribution in [0.1, 0.15) is 36.7 Å². The lowest BCUT2D eigenvalue weighted by atomic mass is 10.0. The molecule has 4 rings (SSSR count). The molecule has 30 heavy (non-hydrogen) atoms. The van der Waals surface area contributed by atoms with Crippen LogP contribution in [0.2, 0.25) is 0 Å². The van der Waals surface area contributed by atoms with Crippen LogP contribution in [0, 0.1) is 0 Å². The number of aromatic nitrogens is 1. The molecule has 158 valence electrons. The number of ether oxygens (including phenoxy) is 4. The van der Waals surface area contributed by atoms with Gasteiger partial charge in [0.1, 0.15) is 6.54 Å². The van der Waals surface area contributed by atoms with E-state index in [9.17, 15) is 0 Å². The van der Waals surface area contributed by atoms with Crippen LogP contribution in [0.25, 0.3) is 5.69 Å². The molecule has 1 aromatic heterocycles. The number of nitrogens with two attached hydrogens (primary N) is 1. The van der Waals surface area contributed by atoms with Crippen molar-refractivity contribution < 1.29 is 24.3 Å². The predicted octanol–water partition coefficient (Wildman–Crippen LogP) is 3.46. The third-order valence-electron chi connectivity index (χ3n) is 5.44. The summed E-state index contributed by atoms with van der Waals surface area (Å²) in [5, 5.41) is 2.34. The van der Waals surface area contributed by atoms with Gasteiger partial charge in [-0.2, -0.15) is 0 Å². The minimum Gasteiger partial charge on any atom is -0.493 e. The largest absolute Gasteiger partial charge is 0.493 e. The fourth-order valence-corrected chi connectivity index (χ4v) is 4.10. The Kier molecular flexibility index (Phi) is 5.86. The Bertz CT molecular complexity index is 1030. The molecule has 2 N–H and O–H groups in total. The second kappa shape index (κ2) is 8.71. The van der Waals surface area contributed by atoms with Crippen molar-refractivity contribution in [2.75, 3.05) is 27.4 Å². The lowest BCUT2D eigenvalue weighted by Gasteiger charge is -2.17. The van der Waals surface area contributed by atoms with Crippen molar-refractivity contribution in [1.29, 1.82) is 0 Å². The summed E-state index contributed by atoms with van der Waals surface area (Å²) < 4.78 is 24.9. The van der Waals surface area contributed by atoms with E-state index in [1.54, 1.807) is 14.2 Å². The molecule has 0 amide bonds. The Hall–Kier alpha value is -3.12. The van der Waals surface area contributed by atoms with Gasteiger partial charge in [0.2, 0.25) is 0 Å². The molecular weight excluding hydrogens is 380 g/mol. The summed E-state index contributed by atoms with van der Waals surface area (Å²) in [5.74, 6) is 3.05. The lowest BCUT2D eigenvalue weighted by Crippen LogP contribution is -2.83. The van der Waals surface area contributed by atoms with Crippen molar-refractivity contribution in [3.05, 3.63) is 65.5 Å². The molecule has 1 aliphatic heterocycles. The molecule has 1 atom stereocenters. The van der Waals surface area contributed by atoms with E-state index >= 15 is 0 Å². The van der Waals surface area contributed by atoms with Gasteiger partial charge in [0.25, 0.3) is 0 Å². The fraction of sp³-hybridized carbons (Fsp3) is 0.333. The van der Waals surface area contributed by atoms with Crippen LogP contribution in [0.4, 0.5) is 0 Å². The minimum absolute atomic E-state index is 0.123. The van der Waals surface area contributed by atoms with Crippen LogP contribution in [-0.2, 0) is 6.54 Å². The molecule has 0 fully saturated rings. The van der Waals surface area contributed by atoms with Crippen molar-refractivity contribution in [2.24, 2.45) is 0 Å². The van der Waals surface area contributed by atoms with Gasteiger partial charge in [0.15, 0.2) is 29.0 Å². The van der Waals surface area contributed by atoms with E-state index in [-0.39, 0.29) is 6.04 Å². The van der Waals surface area contributed by atoms with Crippen molar-refractivity contribution in [3.63, 3.8) is 0 Å². The zero-order chi connectivity index (χ0) is 21.1. The van der Waals surface area contributed by atoms with E-state index in [1.807, 2.05) is 19.9 Å². The van der Waals surface area contributed by atoms with Crippen molar-refractivity contribution in [2.45, 2.75) is 26.4 Å². The van der Waals surface area contributed by atoms with Crippen LogP contribution < -0.4 is 24.3 Å². The molecule has 2 heterocycles. The molecule has 1 aliphatic rings. The molecule has 0 spiro atoms. The summed E-state index contributed by atoms with van der Waals surface area (Å²) in [4.78, 5) is 0. The number of benzene rings is 2. The smallest absolute Gasteiger partial charge is 0.163 e. The number of methoxy groups -OCH3 is 2. The topological polar surface area (TPSA) is 58.5 Å². The zero-order valence-corrected chi connectivity index (χ0v) is 18.0. The van der Waals surface area contributed by atoms with Gasteiger partial charge in [-0.15, -0.1) is 0 Å². The highest BCUT2D eigenvalue weighted by atomic mass is 16.5. The highest BCUT2D eigenvalue weighted by Gasteiger charge is 2.28. The van der Waals surface area contributed by atoms with Gasteiger partial charge in [0, 0.05) is 23.4 Å². The van der Waals surface area contributed by atoms with Crippen LogP contribution in [0.3, 0.4) is 0 Å².